The van der Waals surface area contributed by atoms with Crippen LogP contribution < -0.4 is 5.32 Å². The number of anilines is 1. The van der Waals surface area contributed by atoms with Gasteiger partial charge in [-0.1, -0.05) is 28.1 Å². The summed E-state index contributed by atoms with van der Waals surface area (Å²) in [4.78, 5) is 10.4. The molecule has 2 aromatic carbocycles. The summed E-state index contributed by atoms with van der Waals surface area (Å²) in [7, 11) is 0. The van der Waals surface area contributed by atoms with Crippen LogP contribution in [0.1, 0.15) is 16.7 Å². The predicted octanol–water partition coefficient (Wildman–Crippen LogP) is 4.59. The van der Waals surface area contributed by atoms with Gasteiger partial charge in [0.25, 0.3) is 5.69 Å². The van der Waals surface area contributed by atoms with Gasteiger partial charge in [0.05, 0.1) is 4.92 Å². The van der Waals surface area contributed by atoms with Crippen molar-refractivity contribution < 1.29 is 4.92 Å². The normalized spacial score (nSPS) is 10.3. The standard InChI is InChI=1S/C15H15BrN2O2/c1-10-6-13(7-11(2)15(10)16)17-9-12-4-3-5-14(8-12)18(19)20/h3-8,17H,9H2,1-2H3. The number of nitro benzene ring substituents is 1. The molecule has 0 spiro atoms. The number of halogens is 1. The van der Waals surface area contributed by atoms with Gasteiger partial charge in [0.2, 0.25) is 0 Å². The number of hydrogen-bond donors (Lipinski definition) is 1. The second-order valence-corrected chi connectivity index (χ2v) is 5.50. The Morgan fingerprint density at radius 3 is 2.45 bits per heavy atom. The Hall–Kier alpha value is -1.88. The molecule has 4 nitrogen and oxygen atoms in total. The van der Waals surface area contributed by atoms with Gasteiger partial charge in [-0.3, -0.25) is 10.1 Å². The zero-order chi connectivity index (χ0) is 14.7. The summed E-state index contributed by atoms with van der Waals surface area (Å²) < 4.78 is 1.11. The van der Waals surface area contributed by atoms with E-state index < -0.39 is 0 Å². The Morgan fingerprint density at radius 1 is 1.20 bits per heavy atom. The molecule has 0 atom stereocenters. The molecule has 0 fully saturated rings. The minimum Gasteiger partial charge on any atom is -0.381 e. The lowest BCUT2D eigenvalue weighted by Crippen LogP contribution is -2.01. The number of aryl methyl sites for hydroxylation is 2. The van der Waals surface area contributed by atoms with Crippen molar-refractivity contribution in [2.75, 3.05) is 5.32 Å². The molecule has 0 aliphatic rings. The van der Waals surface area contributed by atoms with Gasteiger partial charge in [0.15, 0.2) is 0 Å². The summed E-state index contributed by atoms with van der Waals surface area (Å²) in [5.41, 5.74) is 4.33. The largest absolute Gasteiger partial charge is 0.381 e. The van der Waals surface area contributed by atoms with E-state index in [-0.39, 0.29) is 10.6 Å². The van der Waals surface area contributed by atoms with Gasteiger partial charge in [0.1, 0.15) is 0 Å². The molecule has 5 heteroatoms. The number of nitrogens with zero attached hydrogens (tertiary/aromatic N) is 1. The Morgan fingerprint density at radius 2 is 1.85 bits per heavy atom. The predicted molar refractivity (Wildman–Crippen MR) is 84.0 cm³/mol. The molecular weight excluding hydrogens is 320 g/mol. The summed E-state index contributed by atoms with van der Waals surface area (Å²) >= 11 is 3.53. The summed E-state index contributed by atoms with van der Waals surface area (Å²) in [6, 6.07) is 10.8. The maximum Gasteiger partial charge on any atom is 0.269 e. The number of benzene rings is 2. The Bertz CT molecular complexity index is 633. The van der Waals surface area contributed by atoms with Crippen molar-refractivity contribution >= 4 is 27.3 Å². The van der Waals surface area contributed by atoms with Gasteiger partial charge in [0, 0.05) is 28.8 Å². The van der Waals surface area contributed by atoms with E-state index in [2.05, 4.69) is 33.4 Å². The molecule has 0 saturated carbocycles. The fourth-order valence-electron chi connectivity index (χ4n) is 2.03. The van der Waals surface area contributed by atoms with E-state index in [4.69, 9.17) is 0 Å². The van der Waals surface area contributed by atoms with E-state index in [9.17, 15) is 10.1 Å². The molecule has 0 amide bonds. The lowest BCUT2D eigenvalue weighted by atomic mass is 10.1. The molecule has 1 N–H and O–H groups in total. The van der Waals surface area contributed by atoms with Gasteiger partial charge in [-0.25, -0.2) is 0 Å². The van der Waals surface area contributed by atoms with Crippen molar-refractivity contribution in [2.45, 2.75) is 20.4 Å². The van der Waals surface area contributed by atoms with Crippen molar-refractivity contribution in [3.63, 3.8) is 0 Å². The van der Waals surface area contributed by atoms with Gasteiger partial charge in [-0.05, 0) is 42.7 Å². The van der Waals surface area contributed by atoms with E-state index in [1.54, 1.807) is 12.1 Å². The van der Waals surface area contributed by atoms with Crippen molar-refractivity contribution in [3.8, 4) is 0 Å². The highest BCUT2D eigenvalue weighted by Gasteiger charge is 2.06. The van der Waals surface area contributed by atoms with Crippen LogP contribution in [0.4, 0.5) is 11.4 Å². The Balaban J connectivity index is 2.13. The number of rotatable bonds is 4. The van der Waals surface area contributed by atoms with E-state index in [1.807, 2.05) is 19.9 Å². The van der Waals surface area contributed by atoms with Crippen molar-refractivity contribution in [1.29, 1.82) is 0 Å². The lowest BCUT2D eigenvalue weighted by molar-refractivity contribution is -0.384. The first kappa shape index (κ1) is 14.5. The Kier molecular flexibility index (Phi) is 4.39. The molecule has 2 aromatic rings. The van der Waals surface area contributed by atoms with E-state index in [0.717, 1.165) is 26.9 Å². The van der Waals surface area contributed by atoms with Crippen molar-refractivity contribution in [3.05, 3.63) is 67.7 Å². The fraction of sp³-hybridized carbons (Fsp3) is 0.200. The van der Waals surface area contributed by atoms with Crippen molar-refractivity contribution in [1.82, 2.24) is 0 Å². The number of nitrogens with one attached hydrogen (secondary N) is 1. The molecule has 0 aliphatic carbocycles. The summed E-state index contributed by atoms with van der Waals surface area (Å²) in [6.45, 7) is 4.63. The summed E-state index contributed by atoms with van der Waals surface area (Å²) in [5, 5.41) is 14.0. The number of nitro groups is 1. The fourth-order valence-corrected chi connectivity index (χ4v) is 2.26. The minimum absolute atomic E-state index is 0.118. The highest BCUT2D eigenvalue weighted by atomic mass is 79.9. The monoisotopic (exact) mass is 334 g/mol. The molecule has 20 heavy (non-hydrogen) atoms. The molecule has 0 aromatic heterocycles. The zero-order valence-corrected chi connectivity index (χ0v) is 12.9. The van der Waals surface area contributed by atoms with Crippen LogP contribution in [-0.4, -0.2) is 4.92 Å². The molecule has 0 unspecified atom stereocenters. The molecule has 2 rings (SSSR count). The third-order valence-electron chi connectivity index (χ3n) is 3.05. The molecular formula is C15H15BrN2O2. The number of hydrogen-bond acceptors (Lipinski definition) is 3. The third kappa shape index (κ3) is 3.36. The van der Waals surface area contributed by atoms with Gasteiger partial charge < -0.3 is 5.32 Å². The molecule has 0 radical (unpaired) electrons. The second-order valence-electron chi connectivity index (χ2n) is 4.70. The van der Waals surface area contributed by atoms with Gasteiger partial charge >= 0.3 is 0 Å². The third-order valence-corrected chi connectivity index (χ3v) is 4.31. The summed E-state index contributed by atoms with van der Waals surface area (Å²) in [6.07, 6.45) is 0. The van der Waals surface area contributed by atoms with Crippen LogP contribution in [0.5, 0.6) is 0 Å². The SMILES string of the molecule is Cc1cc(NCc2cccc([N+](=O)[O-])c2)cc(C)c1Br. The van der Waals surface area contributed by atoms with Crippen LogP contribution in [0.25, 0.3) is 0 Å². The van der Waals surface area contributed by atoms with Crippen LogP contribution in [0.3, 0.4) is 0 Å². The maximum absolute atomic E-state index is 10.7. The topological polar surface area (TPSA) is 55.2 Å². The first-order chi connectivity index (χ1) is 9.47. The second kappa shape index (κ2) is 6.05. The summed E-state index contributed by atoms with van der Waals surface area (Å²) in [5.74, 6) is 0. The zero-order valence-electron chi connectivity index (χ0n) is 11.3. The maximum atomic E-state index is 10.7. The van der Waals surface area contributed by atoms with Crippen LogP contribution in [-0.2, 0) is 6.54 Å². The molecule has 0 saturated heterocycles. The van der Waals surface area contributed by atoms with Gasteiger partial charge in [-0.15, -0.1) is 0 Å². The van der Waals surface area contributed by atoms with Crippen molar-refractivity contribution in [2.24, 2.45) is 0 Å². The minimum atomic E-state index is -0.378. The van der Waals surface area contributed by atoms with Crippen LogP contribution >= 0.6 is 15.9 Å². The quantitative estimate of drug-likeness (QED) is 0.657. The Labute approximate surface area is 126 Å². The molecule has 104 valence electrons. The highest BCUT2D eigenvalue weighted by molar-refractivity contribution is 9.10. The smallest absolute Gasteiger partial charge is 0.269 e. The lowest BCUT2D eigenvalue weighted by Gasteiger charge is -2.10. The average Bonchev–Trinajstić information content (AvgIpc) is 2.42. The molecule has 0 bridgehead atoms. The number of non-ortho nitro benzene ring substituents is 1. The van der Waals surface area contributed by atoms with Gasteiger partial charge in [-0.2, -0.15) is 0 Å². The van der Waals surface area contributed by atoms with E-state index >= 15 is 0 Å². The van der Waals surface area contributed by atoms with Crippen LogP contribution in [0.15, 0.2) is 40.9 Å². The molecule has 0 aliphatic heterocycles. The van der Waals surface area contributed by atoms with E-state index in [1.165, 1.54) is 6.07 Å². The first-order valence-corrected chi connectivity index (χ1v) is 7.00. The first-order valence-electron chi connectivity index (χ1n) is 6.21. The van der Waals surface area contributed by atoms with E-state index in [0.29, 0.717) is 6.54 Å². The average molecular weight is 335 g/mol. The van der Waals surface area contributed by atoms with Crippen LogP contribution in [0, 0.1) is 24.0 Å². The molecule has 0 heterocycles. The highest BCUT2D eigenvalue weighted by Crippen LogP contribution is 2.25. The van der Waals surface area contributed by atoms with Crippen LogP contribution in [0.2, 0.25) is 0 Å².